The van der Waals surface area contributed by atoms with Crippen molar-refractivity contribution >= 4 is 17.5 Å². The molecule has 0 bridgehead atoms. The number of halogens is 1. The third-order valence-corrected chi connectivity index (χ3v) is 3.85. The molecule has 3 nitrogen and oxygen atoms in total. The van der Waals surface area contributed by atoms with Gasteiger partial charge in [-0.3, -0.25) is 4.79 Å². The minimum atomic E-state index is -0.00242. The second-order valence-corrected chi connectivity index (χ2v) is 6.48. The second kappa shape index (κ2) is 7.65. The third-order valence-electron chi connectivity index (χ3n) is 3.60. The first-order valence-corrected chi connectivity index (χ1v) is 7.47. The van der Waals surface area contributed by atoms with Gasteiger partial charge < -0.3 is 11.1 Å². The van der Waals surface area contributed by atoms with E-state index in [9.17, 15) is 4.79 Å². The summed E-state index contributed by atoms with van der Waals surface area (Å²) in [5, 5.41) is 3.72. The molecule has 1 rings (SSSR count). The highest BCUT2D eigenvalue weighted by Gasteiger charge is 2.19. The lowest BCUT2D eigenvalue weighted by atomic mass is 9.84. The topological polar surface area (TPSA) is 55.1 Å². The number of carbonyl (C=O) groups is 1. The molecule has 0 saturated heterocycles. The van der Waals surface area contributed by atoms with Crippen LogP contribution in [0.25, 0.3) is 0 Å². The number of hydrogen-bond acceptors (Lipinski definition) is 2. The van der Waals surface area contributed by atoms with E-state index in [0.29, 0.717) is 18.0 Å². The molecule has 1 aromatic rings. The molecule has 3 N–H and O–H groups in total. The molecule has 0 aliphatic carbocycles. The van der Waals surface area contributed by atoms with Gasteiger partial charge in [-0.1, -0.05) is 37.6 Å². The van der Waals surface area contributed by atoms with E-state index >= 15 is 0 Å². The van der Waals surface area contributed by atoms with Crippen LogP contribution < -0.4 is 11.1 Å². The number of hydrogen-bond donors (Lipinski definition) is 2. The maximum atomic E-state index is 12.0. The normalized spacial score (nSPS) is 13.1. The minimum absolute atomic E-state index is 0.00242. The lowest BCUT2D eigenvalue weighted by Crippen LogP contribution is -2.28. The average Bonchev–Trinajstić information content (AvgIpc) is 2.37. The molecule has 1 amide bonds. The van der Waals surface area contributed by atoms with E-state index in [2.05, 4.69) is 19.2 Å². The molecule has 1 aromatic carbocycles. The highest BCUT2D eigenvalue weighted by molar-refractivity contribution is 6.30. The second-order valence-electron chi connectivity index (χ2n) is 6.04. The molecule has 0 aromatic heterocycles. The lowest BCUT2D eigenvalue weighted by Gasteiger charge is -2.24. The van der Waals surface area contributed by atoms with Gasteiger partial charge in [-0.2, -0.15) is 0 Å². The SMILES string of the molecule is C[C@H](NC(=O)CCC(C)(C)CCN)c1ccc(Cl)cc1. The monoisotopic (exact) mass is 296 g/mol. The Labute approximate surface area is 126 Å². The molecule has 0 aliphatic rings. The molecule has 0 aliphatic heterocycles. The van der Waals surface area contributed by atoms with E-state index in [0.717, 1.165) is 18.4 Å². The zero-order valence-electron chi connectivity index (χ0n) is 12.6. The number of nitrogens with one attached hydrogen (secondary N) is 1. The fourth-order valence-corrected chi connectivity index (χ4v) is 2.24. The Kier molecular flexibility index (Phi) is 6.50. The molecule has 20 heavy (non-hydrogen) atoms. The van der Waals surface area contributed by atoms with Crippen molar-refractivity contribution < 1.29 is 4.79 Å². The average molecular weight is 297 g/mol. The van der Waals surface area contributed by atoms with Gasteiger partial charge in [0.1, 0.15) is 0 Å². The van der Waals surface area contributed by atoms with Gasteiger partial charge in [-0.25, -0.2) is 0 Å². The molecule has 0 spiro atoms. The Morgan fingerprint density at radius 3 is 2.45 bits per heavy atom. The summed E-state index contributed by atoms with van der Waals surface area (Å²) in [6, 6.07) is 7.54. The maximum Gasteiger partial charge on any atom is 0.220 e. The summed E-state index contributed by atoms with van der Waals surface area (Å²) in [7, 11) is 0. The zero-order valence-corrected chi connectivity index (χ0v) is 13.3. The summed E-state index contributed by atoms with van der Waals surface area (Å²) < 4.78 is 0. The highest BCUT2D eigenvalue weighted by atomic mass is 35.5. The van der Waals surface area contributed by atoms with Crippen LogP contribution in [0.5, 0.6) is 0 Å². The van der Waals surface area contributed by atoms with Crippen LogP contribution in [-0.2, 0) is 4.79 Å². The smallest absolute Gasteiger partial charge is 0.220 e. The van der Waals surface area contributed by atoms with Crippen LogP contribution in [0.2, 0.25) is 5.02 Å². The van der Waals surface area contributed by atoms with E-state index in [1.807, 2.05) is 31.2 Å². The summed E-state index contributed by atoms with van der Waals surface area (Å²) in [5.74, 6) is 0.0811. The van der Waals surface area contributed by atoms with E-state index in [4.69, 9.17) is 17.3 Å². The number of rotatable bonds is 7. The number of amides is 1. The molecule has 1 atom stereocenters. The zero-order chi connectivity index (χ0) is 15.2. The predicted molar refractivity (Wildman–Crippen MR) is 84.7 cm³/mol. The van der Waals surface area contributed by atoms with Gasteiger partial charge >= 0.3 is 0 Å². The van der Waals surface area contributed by atoms with Gasteiger partial charge in [0, 0.05) is 11.4 Å². The van der Waals surface area contributed by atoms with Crippen molar-refractivity contribution in [2.24, 2.45) is 11.1 Å². The van der Waals surface area contributed by atoms with Gasteiger partial charge in [-0.15, -0.1) is 0 Å². The van der Waals surface area contributed by atoms with Crippen molar-refractivity contribution in [2.75, 3.05) is 6.54 Å². The predicted octanol–water partition coefficient (Wildman–Crippen LogP) is 3.67. The number of carbonyl (C=O) groups excluding carboxylic acids is 1. The van der Waals surface area contributed by atoms with Gasteiger partial charge in [0.05, 0.1) is 6.04 Å². The standard InChI is InChI=1S/C16H25ClN2O/c1-12(13-4-6-14(17)7-5-13)19-15(20)8-9-16(2,3)10-11-18/h4-7,12H,8-11,18H2,1-3H3,(H,19,20)/t12-/m0/s1. The van der Waals surface area contributed by atoms with Crippen molar-refractivity contribution in [3.8, 4) is 0 Å². The Hall–Kier alpha value is -1.06. The Bertz CT molecular complexity index is 429. The van der Waals surface area contributed by atoms with Crippen LogP contribution in [0, 0.1) is 5.41 Å². The molecule has 0 unspecified atom stereocenters. The maximum absolute atomic E-state index is 12.0. The first-order valence-electron chi connectivity index (χ1n) is 7.09. The fourth-order valence-electron chi connectivity index (χ4n) is 2.12. The minimum Gasteiger partial charge on any atom is -0.350 e. The first-order chi connectivity index (χ1) is 9.34. The van der Waals surface area contributed by atoms with E-state index in [-0.39, 0.29) is 17.4 Å². The molecule has 0 saturated carbocycles. The summed E-state index contributed by atoms with van der Waals surface area (Å²) in [4.78, 5) is 12.0. The summed E-state index contributed by atoms with van der Waals surface area (Å²) in [6.07, 6.45) is 2.32. The van der Waals surface area contributed by atoms with Gasteiger partial charge in [0.25, 0.3) is 0 Å². The molecule has 4 heteroatoms. The van der Waals surface area contributed by atoms with Crippen LogP contribution in [0.4, 0.5) is 0 Å². The largest absolute Gasteiger partial charge is 0.350 e. The third kappa shape index (κ3) is 5.93. The molecular weight excluding hydrogens is 272 g/mol. The molecule has 0 heterocycles. The van der Waals surface area contributed by atoms with E-state index < -0.39 is 0 Å². The lowest BCUT2D eigenvalue weighted by molar-refractivity contribution is -0.122. The number of nitrogens with two attached hydrogens (primary N) is 1. The van der Waals surface area contributed by atoms with E-state index in [1.165, 1.54) is 0 Å². The first kappa shape index (κ1) is 17.0. The summed E-state index contributed by atoms with van der Waals surface area (Å²) in [5.41, 5.74) is 6.76. The molecule has 0 fully saturated rings. The molecular formula is C16H25ClN2O. The van der Waals surface area contributed by atoms with Crippen LogP contribution in [0.3, 0.4) is 0 Å². The van der Waals surface area contributed by atoms with Crippen molar-refractivity contribution in [1.82, 2.24) is 5.32 Å². The van der Waals surface area contributed by atoms with Gasteiger partial charge in [-0.05, 0) is 49.4 Å². The molecule has 112 valence electrons. The van der Waals surface area contributed by atoms with Gasteiger partial charge in [0.15, 0.2) is 0 Å². The Balaban J connectivity index is 2.44. The fraction of sp³-hybridized carbons (Fsp3) is 0.562. The van der Waals surface area contributed by atoms with Crippen molar-refractivity contribution in [3.05, 3.63) is 34.9 Å². The number of benzene rings is 1. The van der Waals surface area contributed by atoms with E-state index in [1.54, 1.807) is 0 Å². The summed E-state index contributed by atoms with van der Waals surface area (Å²) in [6.45, 7) is 6.94. The van der Waals surface area contributed by atoms with Crippen molar-refractivity contribution in [1.29, 1.82) is 0 Å². The van der Waals surface area contributed by atoms with Crippen LogP contribution >= 0.6 is 11.6 Å². The Morgan fingerprint density at radius 1 is 1.30 bits per heavy atom. The quantitative estimate of drug-likeness (QED) is 0.806. The van der Waals surface area contributed by atoms with Gasteiger partial charge in [0.2, 0.25) is 5.91 Å². The van der Waals surface area contributed by atoms with Crippen molar-refractivity contribution in [3.63, 3.8) is 0 Å². The van der Waals surface area contributed by atoms with Crippen molar-refractivity contribution in [2.45, 2.75) is 46.1 Å². The van der Waals surface area contributed by atoms with Crippen LogP contribution in [-0.4, -0.2) is 12.5 Å². The molecule has 0 radical (unpaired) electrons. The Morgan fingerprint density at radius 2 is 1.90 bits per heavy atom. The van der Waals surface area contributed by atoms with Crippen LogP contribution in [0.1, 0.15) is 51.6 Å². The highest BCUT2D eigenvalue weighted by Crippen LogP contribution is 2.26. The summed E-state index contributed by atoms with van der Waals surface area (Å²) >= 11 is 5.85. The van der Waals surface area contributed by atoms with Crippen LogP contribution in [0.15, 0.2) is 24.3 Å².